The standard InChI is InChI=1S/C23H29FN6/c1-22(2)10-18(11-23(3,4)29-22)30(5)21-9-16(12-27-28-21)19-7-6-15(8-20(19)24)17-13-25-26-14-17/h6-9,12-14,18,29H,10-11H2,1-5H3,(H,25,26). The summed E-state index contributed by atoms with van der Waals surface area (Å²) >= 11 is 0. The molecular weight excluding hydrogens is 379 g/mol. The lowest BCUT2D eigenvalue weighted by molar-refractivity contribution is 0.160. The monoisotopic (exact) mass is 408 g/mol. The molecule has 0 saturated carbocycles. The van der Waals surface area contributed by atoms with Gasteiger partial charge in [0, 0.05) is 47.1 Å². The van der Waals surface area contributed by atoms with Gasteiger partial charge < -0.3 is 10.2 Å². The average Bonchev–Trinajstić information content (AvgIpc) is 3.20. The highest BCUT2D eigenvalue weighted by molar-refractivity contribution is 5.71. The van der Waals surface area contributed by atoms with Crippen molar-refractivity contribution in [2.24, 2.45) is 0 Å². The molecule has 0 radical (unpaired) electrons. The van der Waals surface area contributed by atoms with Gasteiger partial charge in [0.15, 0.2) is 5.82 Å². The summed E-state index contributed by atoms with van der Waals surface area (Å²) in [5, 5.41) is 18.9. The maximum absolute atomic E-state index is 14.9. The Bertz CT molecular complexity index is 1010. The molecule has 30 heavy (non-hydrogen) atoms. The number of aromatic amines is 1. The van der Waals surface area contributed by atoms with Crippen molar-refractivity contribution in [3.05, 3.63) is 48.7 Å². The minimum atomic E-state index is -0.292. The molecule has 3 heterocycles. The molecule has 6 nitrogen and oxygen atoms in total. The van der Waals surface area contributed by atoms with E-state index in [1.54, 1.807) is 24.7 Å². The smallest absolute Gasteiger partial charge is 0.151 e. The van der Waals surface area contributed by atoms with Gasteiger partial charge in [0.05, 0.1) is 12.4 Å². The third-order valence-electron chi connectivity index (χ3n) is 5.83. The van der Waals surface area contributed by atoms with Crippen LogP contribution in [0.25, 0.3) is 22.3 Å². The first-order valence-electron chi connectivity index (χ1n) is 10.3. The summed E-state index contributed by atoms with van der Waals surface area (Å²) < 4.78 is 14.9. The van der Waals surface area contributed by atoms with Crippen LogP contribution in [0.15, 0.2) is 42.9 Å². The minimum absolute atomic E-state index is 0.0285. The van der Waals surface area contributed by atoms with Crippen LogP contribution in [0.3, 0.4) is 0 Å². The van der Waals surface area contributed by atoms with Gasteiger partial charge in [0.1, 0.15) is 5.82 Å². The number of aromatic nitrogens is 4. The van der Waals surface area contributed by atoms with E-state index in [-0.39, 0.29) is 16.9 Å². The molecule has 0 aliphatic carbocycles. The molecule has 1 aliphatic heterocycles. The number of benzene rings is 1. The Balaban J connectivity index is 1.61. The zero-order valence-electron chi connectivity index (χ0n) is 18.2. The van der Waals surface area contributed by atoms with Crippen LogP contribution in [-0.2, 0) is 0 Å². The van der Waals surface area contributed by atoms with Gasteiger partial charge in [-0.15, -0.1) is 5.10 Å². The molecular formula is C23H29FN6. The molecule has 2 N–H and O–H groups in total. The van der Waals surface area contributed by atoms with Crippen molar-refractivity contribution in [1.82, 2.24) is 25.7 Å². The zero-order valence-corrected chi connectivity index (χ0v) is 18.2. The first-order valence-corrected chi connectivity index (χ1v) is 10.3. The van der Waals surface area contributed by atoms with Crippen LogP contribution >= 0.6 is 0 Å². The number of H-pyrrole nitrogens is 1. The molecule has 4 rings (SSSR count). The summed E-state index contributed by atoms with van der Waals surface area (Å²) in [6, 6.07) is 7.45. The summed E-state index contributed by atoms with van der Waals surface area (Å²) in [6.07, 6.45) is 7.03. The van der Waals surface area contributed by atoms with E-state index in [1.165, 1.54) is 6.07 Å². The molecule has 0 unspecified atom stereocenters. The number of piperidine rings is 1. The molecule has 1 aliphatic rings. The van der Waals surface area contributed by atoms with Gasteiger partial charge >= 0.3 is 0 Å². The lowest BCUT2D eigenvalue weighted by Crippen LogP contribution is -2.62. The van der Waals surface area contributed by atoms with Gasteiger partial charge in [-0.05, 0) is 58.2 Å². The second-order valence-corrected chi connectivity index (χ2v) is 9.55. The first-order chi connectivity index (χ1) is 14.1. The van der Waals surface area contributed by atoms with E-state index < -0.39 is 0 Å². The Morgan fingerprint density at radius 1 is 1.00 bits per heavy atom. The van der Waals surface area contributed by atoms with Crippen molar-refractivity contribution in [3.63, 3.8) is 0 Å². The Morgan fingerprint density at radius 2 is 1.73 bits per heavy atom. The third-order valence-corrected chi connectivity index (χ3v) is 5.83. The second-order valence-electron chi connectivity index (χ2n) is 9.55. The molecule has 0 spiro atoms. The van der Waals surface area contributed by atoms with Crippen LogP contribution in [0.2, 0.25) is 0 Å². The van der Waals surface area contributed by atoms with E-state index >= 15 is 0 Å². The highest BCUT2D eigenvalue weighted by Gasteiger charge is 2.39. The number of anilines is 1. The molecule has 0 atom stereocenters. The molecule has 1 saturated heterocycles. The van der Waals surface area contributed by atoms with Gasteiger partial charge in [-0.2, -0.15) is 10.2 Å². The Kier molecular flexibility index (Phi) is 5.10. The maximum Gasteiger partial charge on any atom is 0.151 e. The van der Waals surface area contributed by atoms with Crippen molar-refractivity contribution in [1.29, 1.82) is 0 Å². The molecule has 0 amide bonds. The number of rotatable bonds is 4. The lowest BCUT2D eigenvalue weighted by Gasteiger charge is -2.49. The van der Waals surface area contributed by atoms with E-state index in [1.807, 2.05) is 19.2 Å². The minimum Gasteiger partial charge on any atom is -0.355 e. The summed E-state index contributed by atoms with van der Waals surface area (Å²) in [6.45, 7) is 8.92. The van der Waals surface area contributed by atoms with Crippen molar-refractivity contribution >= 4 is 5.82 Å². The number of hydrogen-bond acceptors (Lipinski definition) is 5. The number of nitrogens with one attached hydrogen (secondary N) is 2. The van der Waals surface area contributed by atoms with Crippen molar-refractivity contribution < 1.29 is 4.39 Å². The molecule has 7 heteroatoms. The molecule has 3 aromatic rings. The van der Waals surface area contributed by atoms with Crippen LogP contribution in [0.1, 0.15) is 40.5 Å². The predicted octanol–water partition coefficient (Wildman–Crippen LogP) is 4.42. The van der Waals surface area contributed by atoms with E-state index in [9.17, 15) is 4.39 Å². The van der Waals surface area contributed by atoms with Crippen LogP contribution in [0.4, 0.5) is 10.2 Å². The quantitative estimate of drug-likeness (QED) is 0.669. The second kappa shape index (κ2) is 7.47. The molecule has 2 aromatic heterocycles. The van der Waals surface area contributed by atoms with E-state index in [2.05, 4.69) is 58.3 Å². The van der Waals surface area contributed by atoms with Gasteiger partial charge in [-0.3, -0.25) is 5.10 Å². The topological polar surface area (TPSA) is 69.7 Å². The van der Waals surface area contributed by atoms with E-state index in [4.69, 9.17) is 0 Å². The Labute approximate surface area is 176 Å². The fourth-order valence-electron chi connectivity index (χ4n) is 4.74. The largest absolute Gasteiger partial charge is 0.355 e. The molecule has 1 fully saturated rings. The summed E-state index contributed by atoms with van der Waals surface area (Å²) in [4.78, 5) is 2.18. The summed E-state index contributed by atoms with van der Waals surface area (Å²) in [5.41, 5.74) is 2.92. The zero-order chi connectivity index (χ0) is 21.5. The highest BCUT2D eigenvalue weighted by Crippen LogP contribution is 2.34. The van der Waals surface area contributed by atoms with Crippen molar-refractivity contribution in [2.75, 3.05) is 11.9 Å². The molecule has 158 valence electrons. The van der Waals surface area contributed by atoms with Gasteiger partial charge in [-0.1, -0.05) is 12.1 Å². The van der Waals surface area contributed by atoms with Gasteiger partial charge in [0.2, 0.25) is 0 Å². The summed E-state index contributed by atoms with van der Waals surface area (Å²) in [5.74, 6) is 0.462. The molecule has 1 aromatic carbocycles. The normalized spacial score (nSPS) is 18.3. The number of nitrogens with zero attached hydrogens (tertiary/aromatic N) is 4. The summed E-state index contributed by atoms with van der Waals surface area (Å²) in [7, 11) is 2.05. The van der Waals surface area contributed by atoms with Gasteiger partial charge in [-0.25, -0.2) is 4.39 Å². The fourth-order valence-corrected chi connectivity index (χ4v) is 4.74. The maximum atomic E-state index is 14.9. The lowest BCUT2D eigenvalue weighted by atomic mass is 9.79. The fraction of sp³-hybridized carbons (Fsp3) is 0.435. The van der Waals surface area contributed by atoms with Crippen LogP contribution < -0.4 is 10.2 Å². The number of halogens is 1. The third kappa shape index (κ3) is 4.21. The number of hydrogen-bond donors (Lipinski definition) is 2. The first kappa shape index (κ1) is 20.5. The van der Waals surface area contributed by atoms with Crippen LogP contribution in [0.5, 0.6) is 0 Å². The van der Waals surface area contributed by atoms with Crippen LogP contribution in [0, 0.1) is 5.82 Å². The van der Waals surface area contributed by atoms with Crippen molar-refractivity contribution in [3.8, 4) is 22.3 Å². The Hall–Kier alpha value is -2.80. The molecule has 0 bridgehead atoms. The van der Waals surface area contributed by atoms with E-state index in [0.29, 0.717) is 11.6 Å². The Morgan fingerprint density at radius 3 is 2.37 bits per heavy atom. The predicted molar refractivity (Wildman–Crippen MR) is 118 cm³/mol. The van der Waals surface area contributed by atoms with Gasteiger partial charge in [0.25, 0.3) is 0 Å². The van der Waals surface area contributed by atoms with E-state index in [0.717, 1.165) is 35.3 Å². The van der Waals surface area contributed by atoms with Crippen LogP contribution in [-0.4, -0.2) is 44.6 Å². The van der Waals surface area contributed by atoms with Crippen molar-refractivity contribution in [2.45, 2.75) is 57.7 Å². The highest BCUT2D eigenvalue weighted by atomic mass is 19.1. The average molecular weight is 409 g/mol. The SMILES string of the molecule is CN(c1cc(-c2ccc(-c3cn[nH]c3)cc2F)cnn1)C1CC(C)(C)NC(C)(C)C1.